The van der Waals surface area contributed by atoms with Crippen LogP contribution in [-0.4, -0.2) is 38.0 Å². The number of fused-ring (bicyclic) bond motifs is 1. The van der Waals surface area contributed by atoms with Crippen LogP contribution in [0.2, 0.25) is 0 Å². The zero-order valence-electron chi connectivity index (χ0n) is 25.2. The van der Waals surface area contributed by atoms with E-state index in [-0.39, 0.29) is 17.7 Å². The summed E-state index contributed by atoms with van der Waals surface area (Å²) >= 11 is 1.20. The van der Waals surface area contributed by atoms with Gasteiger partial charge in [0.2, 0.25) is 0 Å². The summed E-state index contributed by atoms with van der Waals surface area (Å²) in [6, 6.07) is 19.3. The number of hydrogen-bond donors (Lipinski definition) is 0. The van der Waals surface area contributed by atoms with Gasteiger partial charge in [0.15, 0.2) is 27.8 Å². The molecule has 0 N–H and O–H groups in total. The van der Waals surface area contributed by atoms with Crippen LogP contribution in [0.25, 0.3) is 6.08 Å². The summed E-state index contributed by atoms with van der Waals surface area (Å²) in [7, 11) is 2.82. The summed E-state index contributed by atoms with van der Waals surface area (Å²) in [6.07, 6.45) is 3.19. The molecule has 0 saturated carbocycles. The summed E-state index contributed by atoms with van der Waals surface area (Å²) in [5, 5.41) is 9.37. The number of thiazole rings is 1. The highest BCUT2D eigenvalue weighted by Gasteiger charge is 2.31. The number of nitrogens with zero attached hydrogens (tertiary/aromatic N) is 3. The number of rotatable bonds is 11. The van der Waals surface area contributed by atoms with Crippen molar-refractivity contribution >= 4 is 23.4 Å². The van der Waals surface area contributed by atoms with Gasteiger partial charge in [-0.25, -0.2) is 9.79 Å². The van der Waals surface area contributed by atoms with E-state index in [2.05, 4.69) is 11.1 Å². The third-order valence-corrected chi connectivity index (χ3v) is 8.01. The largest absolute Gasteiger partial charge is 0.493 e. The molecule has 0 aliphatic carbocycles. The lowest BCUT2D eigenvalue weighted by molar-refractivity contribution is -0.136. The van der Waals surface area contributed by atoms with Gasteiger partial charge >= 0.3 is 5.97 Å². The van der Waals surface area contributed by atoms with Gasteiger partial charge < -0.3 is 23.7 Å². The fourth-order valence-corrected chi connectivity index (χ4v) is 5.91. The number of carbonyl (C=O) groups is 1. The number of carbonyl (C=O) groups excluding carboxylic acids is 1. The lowest BCUT2D eigenvalue weighted by atomic mass is 9.97. The SMILES string of the molecule is CCOc1ccc([C@H]2C(C(=O)OC)=CN=c3s/c(=C\c4ccc(OCc5ccccc5C#N)c(OC)c4)c(=O)n32)cc1OCC. The molecular weight excluding hydrogens is 594 g/mol. The zero-order chi connectivity index (χ0) is 31.9. The maximum atomic E-state index is 13.9. The highest BCUT2D eigenvalue weighted by molar-refractivity contribution is 7.07. The van der Waals surface area contributed by atoms with Crippen molar-refractivity contribution in [2.75, 3.05) is 27.4 Å². The maximum absolute atomic E-state index is 13.9. The Bertz CT molecular complexity index is 1990. The standard InChI is InChI=1S/C34H31N3O7S/c1-5-42-27-14-12-22(17-29(27)43-6-2)31-25(33(39)41-4)19-36-34-37(31)32(38)30(45-34)16-21-11-13-26(28(15-21)40-3)44-20-24-10-8-7-9-23(24)18-35/h7-17,19,31H,5-6,20H2,1-4H3/b30-16-/t31-/m0/s1. The van der Waals surface area contributed by atoms with Gasteiger partial charge in [0.05, 0.1) is 55.2 Å². The number of benzene rings is 3. The van der Waals surface area contributed by atoms with E-state index in [0.717, 1.165) is 5.56 Å². The minimum absolute atomic E-state index is 0.192. The Morgan fingerprint density at radius 1 is 0.978 bits per heavy atom. The molecule has 0 bridgehead atoms. The summed E-state index contributed by atoms with van der Waals surface area (Å²) in [5.41, 5.74) is 2.53. The fourth-order valence-electron chi connectivity index (χ4n) is 4.94. The van der Waals surface area contributed by atoms with Crippen LogP contribution in [0.15, 0.2) is 82.2 Å². The smallest absolute Gasteiger partial charge is 0.337 e. The molecule has 230 valence electrons. The molecule has 11 heteroatoms. The topological polar surface area (TPSA) is 121 Å². The molecule has 3 aromatic carbocycles. The van der Waals surface area contributed by atoms with Crippen molar-refractivity contribution in [2.24, 2.45) is 4.99 Å². The van der Waals surface area contributed by atoms with E-state index in [9.17, 15) is 14.9 Å². The van der Waals surface area contributed by atoms with Crippen molar-refractivity contribution in [2.45, 2.75) is 26.5 Å². The fraction of sp³-hybridized carbons (Fsp3) is 0.235. The number of nitriles is 1. The van der Waals surface area contributed by atoms with Gasteiger partial charge in [-0.1, -0.05) is 41.7 Å². The first-order valence-corrected chi connectivity index (χ1v) is 15.0. The van der Waals surface area contributed by atoms with E-state index in [4.69, 9.17) is 23.7 Å². The normalized spacial score (nSPS) is 14.0. The molecule has 0 saturated heterocycles. The van der Waals surface area contributed by atoms with Gasteiger partial charge in [0, 0.05) is 11.8 Å². The number of methoxy groups -OCH3 is 2. The maximum Gasteiger partial charge on any atom is 0.337 e. The number of esters is 1. The second-order valence-electron chi connectivity index (χ2n) is 9.72. The zero-order valence-corrected chi connectivity index (χ0v) is 26.1. The Balaban J connectivity index is 1.53. The average molecular weight is 626 g/mol. The quantitative estimate of drug-likeness (QED) is 0.227. The molecule has 1 aliphatic heterocycles. The number of hydrogen-bond acceptors (Lipinski definition) is 10. The third-order valence-electron chi connectivity index (χ3n) is 7.01. The van der Waals surface area contributed by atoms with Crippen LogP contribution in [0, 0.1) is 11.3 Å². The Hall–Kier alpha value is -5.34. The van der Waals surface area contributed by atoms with Crippen LogP contribution in [0.3, 0.4) is 0 Å². The molecule has 0 radical (unpaired) electrons. The van der Waals surface area contributed by atoms with Crippen molar-refractivity contribution in [1.29, 1.82) is 5.26 Å². The molecule has 45 heavy (non-hydrogen) atoms. The Labute approximate surface area is 263 Å². The average Bonchev–Trinajstić information content (AvgIpc) is 3.38. The molecule has 0 amide bonds. The van der Waals surface area contributed by atoms with Crippen molar-refractivity contribution in [3.05, 3.63) is 114 Å². The van der Waals surface area contributed by atoms with Gasteiger partial charge in [-0.3, -0.25) is 9.36 Å². The molecule has 1 atom stereocenters. The van der Waals surface area contributed by atoms with Gasteiger partial charge in [0.25, 0.3) is 5.56 Å². The second kappa shape index (κ2) is 14.0. The van der Waals surface area contributed by atoms with Crippen molar-refractivity contribution in [3.8, 4) is 29.1 Å². The van der Waals surface area contributed by atoms with Crippen molar-refractivity contribution in [1.82, 2.24) is 4.57 Å². The lowest BCUT2D eigenvalue weighted by Crippen LogP contribution is -2.39. The predicted molar refractivity (Wildman–Crippen MR) is 168 cm³/mol. The first-order chi connectivity index (χ1) is 21.9. The molecule has 0 unspecified atom stereocenters. The molecule has 2 heterocycles. The Kier molecular flexibility index (Phi) is 9.65. The monoisotopic (exact) mass is 625 g/mol. The van der Waals surface area contributed by atoms with Gasteiger partial charge in [-0.05, 0) is 61.4 Å². The van der Waals surface area contributed by atoms with Gasteiger partial charge in [-0.15, -0.1) is 0 Å². The highest BCUT2D eigenvalue weighted by atomic mass is 32.1. The summed E-state index contributed by atoms with van der Waals surface area (Å²) in [5.74, 6) is 1.44. The molecule has 4 aromatic rings. The van der Waals surface area contributed by atoms with Crippen molar-refractivity contribution in [3.63, 3.8) is 0 Å². The third kappa shape index (κ3) is 6.46. The van der Waals surface area contributed by atoms with Crippen LogP contribution >= 0.6 is 11.3 Å². The molecular formula is C34H31N3O7S. The van der Waals surface area contributed by atoms with E-state index in [0.29, 0.717) is 62.2 Å². The van der Waals surface area contributed by atoms with E-state index in [1.165, 1.54) is 36.3 Å². The van der Waals surface area contributed by atoms with Crippen LogP contribution in [0.4, 0.5) is 0 Å². The van der Waals surface area contributed by atoms with Gasteiger partial charge in [0.1, 0.15) is 6.61 Å². The van der Waals surface area contributed by atoms with E-state index >= 15 is 0 Å². The Morgan fingerprint density at radius 3 is 2.44 bits per heavy atom. The molecule has 0 spiro atoms. The molecule has 5 rings (SSSR count). The van der Waals surface area contributed by atoms with Crippen LogP contribution in [0.1, 0.15) is 42.1 Å². The summed E-state index contributed by atoms with van der Waals surface area (Å²) in [4.78, 5) is 31.7. The predicted octanol–water partition coefficient (Wildman–Crippen LogP) is 4.27. The van der Waals surface area contributed by atoms with Crippen LogP contribution in [0.5, 0.6) is 23.0 Å². The minimum Gasteiger partial charge on any atom is -0.493 e. The first kappa shape index (κ1) is 31.1. The highest BCUT2D eigenvalue weighted by Crippen LogP contribution is 2.35. The summed E-state index contributed by atoms with van der Waals surface area (Å²) < 4.78 is 30.0. The van der Waals surface area contributed by atoms with E-state index in [1.807, 2.05) is 32.0 Å². The number of aromatic nitrogens is 1. The Morgan fingerprint density at radius 2 is 1.71 bits per heavy atom. The minimum atomic E-state index is -0.799. The van der Waals surface area contributed by atoms with Crippen molar-refractivity contribution < 1.29 is 28.5 Å². The molecule has 10 nitrogen and oxygen atoms in total. The van der Waals surface area contributed by atoms with E-state index < -0.39 is 12.0 Å². The van der Waals surface area contributed by atoms with Crippen LogP contribution in [-0.2, 0) is 16.1 Å². The number of ether oxygens (including phenoxy) is 5. The second-order valence-corrected chi connectivity index (χ2v) is 10.7. The molecule has 1 aromatic heterocycles. The lowest BCUT2D eigenvalue weighted by Gasteiger charge is -2.23. The van der Waals surface area contributed by atoms with E-state index in [1.54, 1.807) is 48.5 Å². The molecule has 1 aliphatic rings. The van der Waals surface area contributed by atoms with Gasteiger partial charge in [-0.2, -0.15) is 5.26 Å². The molecule has 0 fully saturated rings. The first-order valence-electron chi connectivity index (χ1n) is 14.2. The van der Waals surface area contributed by atoms with Crippen LogP contribution < -0.4 is 33.8 Å². The summed E-state index contributed by atoms with van der Waals surface area (Å²) in [6.45, 7) is 4.80.